The highest BCUT2D eigenvalue weighted by atomic mass is 16.1. The molecule has 0 heterocycles. The van der Waals surface area contributed by atoms with Crippen LogP contribution >= 0.6 is 0 Å². The van der Waals surface area contributed by atoms with E-state index in [4.69, 9.17) is 0 Å². The van der Waals surface area contributed by atoms with Crippen molar-refractivity contribution in [1.29, 1.82) is 0 Å². The molecule has 0 saturated heterocycles. The van der Waals surface area contributed by atoms with Crippen molar-refractivity contribution in [3.63, 3.8) is 0 Å². The molecule has 7 aromatic rings. The Morgan fingerprint density at radius 3 is 0.778 bits per heavy atom. The predicted octanol–water partition coefficient (Wildman–Crippen LogP) is 3.08. The summed E-state index contributed by atoms with van der Waals surface area (Å²) in [6, 6.07) is 18.1. The summed E-state index contributed by atoms with van der Waals surface area (Å²) in [5.74, 6) is 0. The summed E-state index contributed by atoms with van der Waals surface area (Å²) in [5, 5.41) is 0.272. The van der Waals surface area contributed by atoms with E-state index < -0.39 is 32.6 Å². The van der Waals surface area contributed by atoms with E-state index in [1.54, 1.807) is 36.4 Å². The minimum absolute atomic E-state index is 0.0557. The lowest BCUT2D eigenvalue weighted by atomic mass is 9.91. The van der Waals surface area contributed by atoms with Gasteiger partial charge in [-0.2, -0.15) is 0 Å². The van der Waals surface area contributed by atoms with E-state index in [1.165, 1.54) is 36.4 Å². The summed E-state index contributed by atoms with van der Waals surface area (Å²) in [6.07, 6.45) is 0. The maximum Gasteiger partial charge on any atom is 0.195 e. The second-order valence-corrected chi connectivity index (χ2v) is 8.89. The van der Waals surface area contributed by atoms with Crippen LogP contribution in [0, 0.1) is 0 Å². The zero-order chi connectivity index (χ0) is 24.9. The van der Waals surface area contributed by atoms with Crippen LogP contribution in [0.3, 0.4) is 0 Å². The predicted molar refractivity (Wildman–Crippen MR) is 143 cm³/mol. The van der Waals surface area contributed by atoms with Gasteiger partial charge in [0.15, 0.2) is 32.6 Å². The van der Waals surface area contributed by atoms with Crippen LogP contribution in [0.5, 0.6) is 0 Å². The molecule has 0 saturated carbocycles. The van der Waals surface area contributed by atoms with E-state index in [9.17, 15) is 28.8 Å². The fourth-order valence-corrected chi connectivity index (χ4v) is 5.49. The first kappa shape index (κ1) is 20.3. The molecule has 6 heteroatoms. The van der Waals surface area contributed by atoms with Crippen molar-refractivity contribution in [2.75, 3.05) is 0 Å². The average molecular weight is 468 g/mol. The van der Waals surface area contributed by atoms with Crippen molar-refractivity contribution in [2.24, 2.45) is 0 Å². The maximum atomic E-state index is 13.8. The molecule has 0 aliphatic carbocycles. The van der Waals surface area contributed by atoms with E-state index in [-0.39, 0.29) is 64.6 Å². The molecule has 0 radical (unpaired) electrons. The third kappa shape index (κ3) is 2.30. The van der Waals surface area contributed by atoms with Crippen LogP contribution < -0.4 is 32.6 Å². The van der Waals surface area contributed by atoms with Gasteiger partial charge < -0.3 is 0 Å². The third-order valence-electron chi connectivity index (χ3n) is 7.13. The van der Waals surface area contributed by atoms with Gasteiger partial charge in [-0.1, -0.05) is 48.5 Å². The van der Waals surface area contributed by atoms with Crippen LogP contribution in [0.15, 0.2) is 102 Å². The smallest absolute Gasteiger partial charge is 0.195 e. The molecule has 0 aromatic heterocycles. The summed E-state index contributed by atoms with van der Waals surface area (Å²) in [4.78, 5) is 80.7. The molecule has 168 valence electrons. The average Bonchev–Trinajstić information content (AvgIpc) is 2.92. The van der Waals surface area contributed by atoms with Gasteiger partial charge in [-0.25, -0.2) is 0 Å². The maximum absolute atomic E-state index is 13.8. The minimum atomic E-state index is -0.640. The van der Waals surface area contributed by atoms with Crippen LogP contribution in [0.1, 0.15) is 0 Å². The largest absolute Gasteiger partial charge is 0.289 e. The second kappa shape index (κ2) is 6.73. The molecule has 0 spiro atoms. The lowest BCUT2D eigenvalue weighted by Gasteiger charge is -2.08. The Labute approximate surface area is 198 Å². The SMILES string of the molecule is O=c1c2ccccc2c(=O)c2c1ccc1c(=O)c3c(ccc4c(=O)c5ccccc5c(=O)c43)c(=O)c12. The molecule has 0 amide bonds. The summed E-state index contributed by atoms with van der Waals surface area (Å²) < 4.78 is 0. The zero-order valence-electron chi connectivity index (χ0n) is 18.4. The monoisotopic (exact) mass is 468 g/mol. The first-order valence-corrected chi connectivity index (χ1v) is 11.2. The molecule has 7 rings (SSSR count). The van der Waals surface area contributed by atoms with Crippen LogP contribution in [-0.2, 0) is 0 Å². The summed E-state index contributed by atoms with van der Waals surface area (Å²) >= 11 is 0. The number of hydrogen-bond acceptors (Lipinski definition) is 6. The van der Waals surface area contributed by atoms with E-state index in [2.05, 4.69) is 0 Å². The quantitative estimate of drug-likeness (QED) is 0.250. The number of rotatable bonds is 0. The third-order valence-corrected chi connectivity index (χ3v) is 7.13. The molecular formula is C30H12O6. The Bertz CT molecular complexity index is 2310. The molecule has 36 heavy (non-hydrogen) atoms. The Balaban J connectivity index is 1.83. The zero-order valence-corrected chi connectivity index (χ0v) is 18.4. The molecular weight excluding hydrogens is 456 g/mol. The van der Waals surface area contributed by atoms with Gasteiger partial charge in [0.25, 0.3) is 0 Å². The minimum Gasteiger partial charge on any atom is -0.289 e. The Hall–Kier alpha value is -5.10. The van der Waals surface area contributed by atoms with Crippen LogP contribution in [0.4, 0.5) is 0 Å². The van der Waals surface area contributed by atoms with Crippen LogP contribution in [0.25, 0.3) is 64.6 Å². The van der Waals surface area contributed by atoms with Crippen molar-refractivity contribution in [2.45, 2.75) is 0 Å². The summed E-state index contributed by atoms with van der Waals surface area (Å²) in [5.41, 5.74) is -3.12. The molecule has 0 N–H and O–H groups in total. The standard InChI is InChI=1S/C30H12O6/c31-25-13-5-1-3-7-15(13)27(33)21-17(25)9-11-19-23(21)29(35)20-12-10-18-22(24(20)30(19)36)28(34)16-8-4-2-6-14(16)26(18)32/h1-12H. The Morgan fingerprint density at radius 1 is 0.250 bits per heavy atom. The van der Waals surface area contributed by atoms with Gasteiger partial charge in [-0.15, -0.1) is 0 Å². The van der Waals surface area contributed by atoms with Crippen molar-refractivity contribution >= 4 is 64.6 Å². The van der Waals surface area contributed by atoms with Gasteiger partial charge in [0, 0.05) is 64.6 Å². The van der Waals surface area contributed by atoms with E-state index in [0.717, 1.165) is 0 Å². The molecule has 0 unspecified atom stereocenters. The van der Waals surface area contributed by atoms with Crippen LogP contribution in [-0.4, -0.2) is 0 Å². The van der Waals surface area contributed by atoms with E-state index in [0.29, 0.717) is 0 Å². The van der Waals surface area contributed by atoms with Gasteiger partial charge in [-0.3, -0.25) is 28.8 Å². The highest BCUT2D eigenvalue weighted by Gasteiger charge is 2.22. The van der Waals surface area contributed by atoms with Crippen molar-refractivity contribution in [1.82, 2.24) is 0 Å². The Kier molecular flexibility index (Phi) is 3.79. The molecule has 0 bridgehead atoms. The first-order valence-electron chi connectivity index (χ1n) is 11.2. The van der Waals surface area contributed by atoms with Crippen molar-refractivity contribution in [3.8, 4) is 0 Å². The van der Waals surface area contributed by atoms with Gasteiger partial charge in [0.05, 0.1) is 0 Å². The highest BCUT2D eigenvalue weighted by molar-refractivity contribution is 6.19. The van der Waals surface area contributed by atoms with E-state index in [1.807, 2.05) is 0 Å². The lowest BCUT2D eigenvalue weighted by molar-refractivity contribution is 1.64. The van der Waals surface area contributed by atoms with Crippen LogP contribution in [0.2, 0.25) is 0 Å². The molecule has 0 atom stereocenters. The Morgan fingerprint density at radius 2 is 0.472 bits per heavy atom. The van der Waals surface area contributed by atoms with Gasteiger partial charge >= 0.3 is 0 Å². The highest BCUT2D eigenvalue weighted by Crippen LogP contribution is 2.25. The van der Waals surface area contributed by atoms with Gasteiger partial charge in [0.2, 0.25) is 0 Å². The fourth-order valence-electron chi connectivity index (χ4n) is 5.49. The number of fused-ring (bicyclic) bond motifs is 8. The van der Waals surface area contributed by atoms with Crippen molar-refractivity contribution < 1.29 is 0 Å². The second-order valence-electron chi connectivity index (χ2n) is 8.89. The van der Waals surface area contributed by atoms with Gasteiger partial charge in [0.1, 0.15) is 0 Å². The first-order chi connectivity index (χ1) is 17.4. The molecule has 6 nitrogen and oxygen atoms in total. The molecule has 0 aliphatic rings. The number of hydrogen-bond donors (Lipinski definition) is 0. The number of benzene rings is 7. The topological polar surface area (TPSA) is 102 Å². The fraction of sp³-hybridized carbons (Fsp3) is 0. The van der Waals surface area contributed by atoms with Crippen molar-refractivity contribution in [3.05, 3.63) is 134 Å². The molecule has 0 fully saturated rings. The molecule has 7 aromatic carbocycles. The van der Waals surface area contributed by atoms with Gasteiger partial charge in [-0.05, 0) is 24.3 Å². The lowest BCUT2D eigenvalue weighted by Crippen LogP contribution is -2.21. The summed E-state index contributed by atoms with van der Waals surface area (Å²) in [7, 11) is 0. The molecule has 0 aliphatic heterocycles. The normalized spacial score (nSPS) is 12.0. The summed E-state index contributed by atoms with van der Waals surface area (Å²) in [6.45, 7) is 0. The van der Waals surface area contributed by atoms with E-state index >= 15 is 0 Å².